The molecule has 0 bridgehead atoms. The number of para-hydroxylation sites is 3. The first-order valence-corrected chi connectivity index (χ1v) is 12.3. The molecular weight excluding hydrogens is 459 g/mol. The lowest BCUT2D eigenvalue weighted by Gasteiger charge is -2.31. The summed E-state index contributed by atoms with van der Waals surface area (Å²) in [7, 11) is -4.03. The topological polar surface area (TPSA) is 66.5 Å². The van der Waals surface area contributed by atoms with Gasteiger partial charge in [-0.1, -0.05) is 48.2 Å². The van der Waals surface area contributed by atoms with Crippen molar-refractivity contribution in [3.05, 3.63) is 108 Å². The highest BCUT2D eigenvalue weighted by molar-refractivity contribution is 7.99. The Hall–Kier alpha value is -3.62. The van der Waals surface area contributed by atoms with Gasteiger partial charge in [-0.05, 0) is 60.7 Å². The SMILES string of the molecule is O=C(c1ccccc1NS(=O)(=O)c1ccc(F)cc1)N1c2ccccc2Sc2ccccc21. The van der Waals surface area contributed by atoms with Crippen molar-refractivity contribution in [1.82, 2.24) is 0 Å². The predicted molar refractivity (Wildman–Crippen MR) is 127 cm³/mol. The molecule has 0 spiro atoms. The Morgan fingerprint density at radius 2 is 1.30 bits per heavy atom. The summed E-state index contributed by atoms with van der Waals surface area (Å²) in [6.07, 6.45) is 0. The molecule has 0 radical (unpaired) electrons. The minimum absolute atomic E-state index is 0.101. The maximum Gasteiger partial charge on any atom is 0.265 e. The van der Waals surface area contributed by atoms with Gasteiger partial charge in [-0.15, -0.1) is 0 Å². The second-order valence-corrected chi connectivity index (χ2v) is 10.0. The number of fused-ring (bicyclic) bond motifs is 2. The number of halogens is 1. The van der Waals surface area contributed by atoms with Gasteiger partial charge in [0, 0.05) is 9.79 Å². The number of benzene rings is 4. The maximum absolute atomic E-state index is 13.8. The van der Waals surface area contributed by atoms with E-state index in [-0.39, 0.29) is 22.1 Å². The molecule has 0 fully saturated rings. The number of nitrogens with one attached hydrogen (secondary N) is 1. The summed E-state index contributed by atoms with van der Waals surface area (Å²) in [6, 6.07) is 26.1. The van der Waals surface area contributed by atoms with Crippen LogP contribution >= 0.6 is 11.8 Å². The van der Waals surface area contributed by atoms with E-state index in [0.29, 0.717) is 0 Å². The van der Waals surface area contributed by atoms with E-state index in [9.17, 15) is 17.6 Å². The van der Waals surface area contributed by atoms with Crippen LogP contribution in [0.5, 0.6) is 0 Å². The van der Waals surface area contributed by atoms with Crippen molar-refractivity contribution >= 4 is 44.8 Å². The van der Waals surface area contributed by atoms with Gasteiger partial charge >= 0.3 is 0 Å². The molecule has 5 rings (SSSR count). The Balaban J connectivity index is 1.57. The third kappa shape index (κ3) is 3.99. The molecule has 4 aromatic rings. The number of amides is 1. The van der Waals surface area contributed by atoms with E-state index < -0.39 is 15.8 Å². The normalized spacial score (nSPS) is 12.6. The lowest BCUT2D eigenvalue weighted by atomic mass is 10.1. The molecular formula is C25H17FN2O3S2. The van der Waals surface area contributed by atoms with Crippen LogP contribution in [0.25, 0.3) is 0 Å². The minimum atomic E-state index is -4.03. The lowest BCUT2D eigenvalue weighted by molar-refractivity contribution is 0.0999. The smallest absolute Gasteiger partial charge is 0.265 e. The van der Waals surface area contributed by atoms with Crippen LogP contribution in [0, 0.1) is 5.82 Å². The van der Waals surface area contributed by atoms with E-state index in [1.807, 2.05) is 48.5 Å². The molecule has 0 unspecified atom stereocenters. The van der Waals surface area contributed by atoms with Gasteiger partial charge in [-0.2, -0.15) is 0 Å². The fourth-order valence-electron chi connectivity index (χ4n) is 3.62. The third-order valence-electron chi connectivity index (χ3n) is 5.16. The van der Waals surface area contributed by atoms with Crippen molar-refractivity contribution in [2.45, 2.75) is 14.7 Å². The monoisotopic (exact) mass is 476 g/mol. The summed E-state index contributed by atoms with van der Waals surface area (Å²) < 4.78 is 41.5. The first-order valence-electron chi connectivity index (χ1n) is 10.0. The second kappa shape index (κ2) is 8.38. The van der Waals surface area contributed by atoms with E-state index >= 15 is 0 Å². The Morgan fingerprint density at radius 1 is 0.758 bits per heavy atom. The van der Waals surface area contributed by atoms with Crippen LogP contribution in [0.3, 0.4) is 0 Å². The van der Waals surface area contributed by atoms with Crippen LogP contribution in [0.4, 0.5) is 21.5 Å². The van der Waals surface area contributed by atoms with Crippen LogP contribution < -0.4 is 9.62 Å². The third-order valence-corrected chi connectivity index (χ3v) is 7.67. The molecule has 1 N–H and O–H groups in total. The van der Waals surface area contributed by atoms with Gasteiger partial charge in [0.25, 0.3) is 15.9 Å². The van der Waals surface area contributed by atoms with Crippen LogP contribution in [0.2, 0.25) is 0 Å². The zero-order valence-electron chi connectivity index (χ0n) is 17.1. The molecule has 1 amide bonds. The van der Waals surface area contributed by atoms with Crippen molar-refractivity contribution in [1.29, 1.82) is 0 Å². The Labute approximate surface area is 194 Å². The Bertz CT molecular complexity index is 1430. The number of hydrogen-bond donors (Lipinski definition) is 1. The van der Waals surface area contributed by atoms with Crippen molar-refractivity contribution in [2.75, 3.05) is 9.62 Å². The highest BCUT2D eigenvalue weighted by Crippen LogP contribution is 2.48. The van der Waals surface area contributed by atoms with Gasteiger partial charge < -0.3 is 0 Å². The summed E-state index contributed by atoms with van der Waals surface area (Å²) in [5.74, 6) is -0.905. The number of nitrogens with zero attached hydrogens (tertiary/aromatic N) is 1. The molecule has 0 saturated carbocycles. The van der Waals surface area contributed by atoms with Gasteiger partial charge in [0.15, 0.2) is 0 Å². The summed E-state index contributed by atoms with van der Waals surface area (Å²) >= 11 is 1.58. The fourth-order valence-corrected chi connectivity index (χ4v) is 5.76. The van der Waals surface area contributed by atoms with E-state index in [1.54, 1.807) is 34.9 Å². The number of anilines is 3. The number of carbonyl (C=O) groups is 1. The van der Waals surface area contributed by atoms with Gasteiger partial charge in [0.05, 0.1) is 27.5 Å². The molecule has 5 nitrogen and oxygen atoms in total. The molecule has 0 aromatic heterocycles. The van der Waals surface area contributed by atoms with Crippen LogP contribution in [0.15, 0.2) is 112 Å². The van der Waals surface area contributed by atoms with Crippen LogP contribution in [-0.2, 0) is 10.0 Å². The van der Waals surface area contributed by atoms with E-state index in [1.165, 1.54) is 18.2 Å². The highest BCUT2D eigenvalue weighted by Gasteiger charge is 2.30. The molecule has 8 heteroatoms. The molecule has 4 aromatic carbocycles. The standard InChI is InChI=1S/C25H17FN2O3S2/c26-17-13-15-18(16-14-17)33(30,31)27-20-8-2-1-7-19(20)25(29)28-21-9-3-5-11-23(21)32-24-12-6-4-10-22(24)28/h1-16,27H. The lowest BCUT2D eigenvalue weighted by Crippen LogP contribution is -2.29. The molecule has 164 valence electrons. The average Bonchev–Trinajstić information content (AvgIpc) is 2.82. The average molecular weight is 477 g/mol. The number of rotatable bonds is 4. The number of sulfonamides is 1. The maximum atomic E-state index is 13.8. The van der Waals surface area contributed by atoms with Crippen LogP contribution in [-0.4, -0.2) is 14.3 Å². The van der Waals surface area contributed by atoms with Crippen molar-refractivity contribution in [2.24, 2.45) is 0 Å². The number of carbonyl (C=O) groups excluding carboxylic acids is 1. The highest BCUT2D eigenvalue weighted by atomic mass is 32.2. The largest absolute Gasteiger partial charge is 0.279 e. The Kier molecular flexibility index (Phi) is 5.39. The predicted octanol–water partition coefficient (Wildman–Crippen LogP) is 6.07. The molecule has 1 aliphatic heterocycles. The zero-order valence-corrected chi connectivity index (χ0v) is 18.7. The summed E-state index contributed by atoms with van der Waals surface area (Å²) in [4.78, 5) is 17.2. The molecule has 1 heterocycles. The van der Waals surface area contributed by atoms with Gasteiger partial charge in [0.2, 0.25) is 0 Å². The summed E-state index contributed by atoms with van der Waals surface area (Å²) in [6.45, 7) is 0. The minimum Gasteiger partial charge on any atom is -0.279 e. The fraction of sp³-hybridized carbons (Fsp3) is 0. The van der Waals surface area contributed by atoms with E-state index in [4.69, 9.17) is 0 Å². The molecule has 0 atom stereocenters. The van der Waals surface area contributed by atoms with Crippen molar-refractivity contribution in [3.63, 3.8) is 0 Å². The van der Waals surface area contributed by atoms with Crippen molar-refractivity contribution in [3.8, 4) is 0 Å². The molecule has 33 heavy (non-hydrogen) atoms. The van der Waals surface area contributed by atoms with Gasteiger partial charge in [0.1, 0.15) is 5.82 Å². The molecule has 0 saturated heterocycles. The van der Waals surface area contributed by atoms with Crippen molar-refractivity contribution < 1.29 is 17.6 Å². The number of hydrogen-bond acceptors (Lipinski definition) is 4. The quantitative estimate of drug-likeness (QED) is 0.388. The molecule has 1 aliphatic rings. The van der Waals surface area contributed by atoms with E-state index in [2.05, 4.69) is 4.72 Å². The second-order valence-electron chi connectivity index (χ2n) is 7.28. The first kappa shape index (κ1) is 21.2. The zero-order chi connectivity index (χ0) is 23.0. The Morgan fingerprint density at radius 3 is 1.94 bits per heavy atom. The molecule has 0 aliphatic carbocycles. The van der Waals surface area contributed by atoms with E-state index in [0.717, 1.165) is 33.3 Å². The van der Waals surface area contributed by atoms with Gasteiger partial charge in [-0.25, -0.2) is 12.8 Å². The first-order chi connectivity index (χ1) is 15.9. The summed E-state index contributed by atoms with van der Waals surface area (Å²) in [5.41, 5.74) is 1.78. The summed E-state index contributed by atoms with van der Waals surface area (Å²) in [5, 5.41) is 0. The van der Waals surface area contributed by atoms with Crippen LogP contribution in [0.1, 0.15) is 10.4 Å². The van der Waals surface area contributed by atoms with Gasteiger partial charge in [-0.3, -0.25) is 14.4 Å².